The fourth-order valence-electron chi connectivity index (χ4n) is 8.99. The molecule has 66 heavy (non-hydrogen) atoms. The maximum atomic E-state index is 15.0. The van der Waals surface area contributed by atoms with E-state index >= 15 is 13.2 Å². The fraction of sp³-hybridized carbons (Fsp3) is 0.0182. The van der Waals surface area contributed by atoms with Gasteiger partial charge >= 0.3 is 6.18 Å². The van der Waals surface area contributed by atoms with Crippen LogP contribution in [0.4, 0.5) is 30.2 Å². The molecule has 0 aliphatic heterocycles. The third kappa shape index (κ3) is 6.34. The molecular formula is C55H25F3N8. The Hall–Kier alpha value is -9.91. The number of benzene rings is 8. The molecule has 8 nitrogen and oxygen atoms in total. The van der Waals surface area contributed by atoms with Crippen LogP contribution >= 0.6 is 0 Å². The number of nitriles is 3. The van der Waals surface area contributed by atoms with Gasteiger partial charge in [-0.3, -0.25) is 0 Å². The molecule has 0 bridgehead atoms. The summed E-state index contributed by atoms with van der Waals surface area (Å²) < 4.78 is 49.1. The largest absolute Gasteiger partial charge is 0.417 e. The van der Waals surface area contributed by atoms with Crippen molar-refractivity contribution in [3.8, 4) is 63.0 Å². The van der Waals surface area contributed by atoms with Gasteiger partial charge in [-0.15, -0.1) is 0 Å². The number of fused-ring (bicyclic) bond motifs is 6. The molecule has 0 aliphatic carbocycles. The minimum Gasteiger partial charge on any atom is -0.308 e. The Kier molecular flexibility index (Phi) is 9.41. The third-order valence-corrected chi connectivity index (χ3v) is 11.9. The Morgan fingerprint density at radius 1 is 0.439 bits per heavy atom. The van der Waals surface area contributed by atoms with E-state index < -0.39 is 11.7 Å². The van der Waals surface area contributed by atoms with E-state index in [1.54, 1.807) is 36.4 Å². The van der Waals surface area contributed by atoms with Crippen molar-refractivity contribution in [2.75, 3.05) is 0 Å². The normalized spacial score (nSPS) is 11.2. The first-order valence-electron chi connectivity index (χ1n) is 20.2. The summed E-state index contributed by atoms with van der Waals surface area (Å²) in [7, 11) is 0. The lowest BCUT2D eigenvalue weighted by atomic mass is 9.94. The van der Waals surface area contributed by atoms with Gasteiger partial charge in [0, 0.05) is 32.7 Å². The summed E-state index contributed by atoms with van der Waals surface area (Å²) in [4.78, 5) is 11.1. The minimum absolute atomic E-state index is 0.00921. The molecule has 2 heterocycles. The first kappa shape index (κ1) is 40.2. The van der Waals surface area contributed by atoms with Crippen LogP contribution in [0, 0.1) is 53.7 Å². The topological polar surface area (TPSA) is 94.3 Å². The lowest BCUT2D eigenvalue weighted by Crippen LogP contribution is -2.09. The van der Waals surface area contributed by atoms with Crippen molar-refractivity contribution in [3.05, 3.63) is 208 Å². The monoisotopic (exact) mass is 854 g/mol. The molecule has 0 saturated heterocycles. The van der Waals surface area contributed by atoms with Gasteiger partial charge in [0.1, 0.15) is 0 Å². The summed E-state index contributed by atoms with van der Waals surface area (Å²) in [6, 6.07) is 49.3. The van der Waals surface area contributed by atoms with Crippen LogP contribution in [0.15, 0.2) is 152 Å². The molecular weight excluding hydrogens is 830 g/mol. The van der Waals surface area contributed by atoms with Gasteiger partial charge in [0.05, 0.1) is 82.5 Å². The van der Waals surface area contributed by atoms with Crippen LogP contribution in [-0.4, -0.2) is 9.13 Å². The Morgan fingerprint density at radius 3 is 1.52 bits per heavy atom. The molecule has 306 valence electrons. The molecule has 0 unspecified atom stereocenters. The predicted octanol–water partition coefficient (Wildman–Crippen LogP) is 15.2. The number of alkyl halides is 3. The summed E-state index contributed by atoms with van der Waals surface area (Å²) in [5.74, 6) is 0. The predicted molar refractivity (Wildman–Crippen MR) is 249 cm³/mol. The summed E-state index contributed by atoms with van der Waals surface area (Å²) >= 11 is 0. The molecule has 0 fully saturated rings. The Balaban J connectivity index is 1.37. The van der Waals surface area contributed by atoms with Crippen molar-refractivity contribution in [3.63, 3.8) is 0 Å². The second-order valence-electron chi connectivity index (χ2n) is 15.4. The number of para-hydroxylation sites is 2. The van der Waals surface area contributed by atoms with Crippen molar-refractivity contribution >= 4 is 60.7 Å². The minimum atomic E-state index is -4.89. The van der Waals surface area contributed by atoms with E-state index in [9.17, 15) is 15.8 Å². The summed E-state index contributed by atoms with van der Waals surface area (Å²) in [5, 5.41) is 32.8. The van der Waals surface area contributed by atoms with Gasteiger partial charge in [-0.2, -0.15) is 29.0 Å². The molecule has 0 N–H and O–H groups in total. The average molecular weight is 855 g/mol. The van der Waals surface area contributed by atoms with Gasteiger partial charge in [0.25, 0.3) is 0 Å². The second kappa shape index (κ2) is 15.5. The fourth-order valence-corrected chi connectivity index (χ4v) is 8.99. The molecule has 0 radical (unpaired) electrons. The van der Waals surface area contributed by atoms with Gasteiger partial charge in [-0.25, -0.2) is 14.5 Å². The van der Waals surface area contributed by atoms with Crippen molar-refractivity contribution in [1.29, 1.82) is 15.8 Å². The standard InChI is InChI=1S/C55H25F3N8/c1-62-37-16-21-38(36(24-37)31-61)34-14-19-43-42-9-5-7-11-50(42)66(51(43)25-34)54-28-48(64-3)45(40-18-13-32(29-59)22-46(40)55(56,57)58)27-53(54)65-49-10-6-4-8-41(49)44-20-15-35(26-52(44)65)39-17-12-33(30-60)23-47(39)63-2/h4-28H. The molecule has 0 atom stereocenters. The van der Waals surface area contributed by atoms with Crippen molar-refractivity contribution < 1.29 is 13.2 Å². The van der Waals surface area contributed by atoms with E-state index in [1.165, 1.54) is 24.3 Å². The van der Waals surface area contributed by atoms with Crippen LogP contribution in [0.2, 0.25) is 0 Å². The number of halogens is 3. The first-order chi connectivity index (χ1) is 32.1. The molecule has 0 spiro atoms. The zero-order valence-corrected chi connectivity index (χ0v) is 34.1. The molecule has 2 aromatic heterocycles. The van der Waals surface area contributed by atoms with Crippen LogP contribution in [-0.2, 0) is 6.18 Å². The van der Waals surface area contributed by atoms with Gasteiger partial charge in [-0.1, -0.05) is 84.9 Å². The Bertz CT molecular complexity index is 4020. The summed E-state index contributed by atoms with van der Waals surface area (Å²) in [6.45, 7) is 24.0. The molecule has 11 heteroatoms. The highest BCUT2D eigenvalue weighted by molar-refractivity contribution is 6.13. The second-order valence-corrected chi connectivity index (χ2v) is 15.4. The molecule has 0 aliphatic rings. The van der Waals surface area contributed by atoms with E-state index in [0.717, 1.165) is 33.1 Å². The maximum Gasteiger partial charge on any atom is 0.417 e. The molecule has 8 aromatic carbocycles. The highest BCUT2D eigenvalue weighted by Crippen LogP contribution is 2.47. The smallest absolute Gasteiger partial charge is 0.308 e. The summed E-state index contributed by atoms with van der Waals surface area (Å²) in [5.41, 5.74) is 5.72. The summed E-state index contributed by atoms with van der Waals surface area (Å²) in [6.07, 6.45) is -4.89. The zero-order chi connectivity index (χ0) is 45.9. The van der Waals surface area contributed by atoms with Crippen LogP contribution < -0.4 is 0 Å². The number of nitrogens with zero attached hydrogens (tertiary/aromatic N) is 8. The van der Waals surface area contributed by atoms with E-state index in [-0.39, 0.29) is 28.1 Å². The third-order valence-electron chi connectivity index (χ3n) is 11.9. The Labute approximate surface area is 374 Å². The molecule has 10 rings (SSSR count). The van der Waals surface area contributed by atoms with Gasteiger partial charge in [0.15, 0.2) is 17.1 Å². The van der Waals surface area contributed by atoms with Gasteiger partial charge < -0.3 is 9.13 Å². The van der Waals surface area contributed by atoms with Gasteiger partial charge in [0.2, 0.25) is 0 Å². The average Bonchev–Trinajstić information content (AvgIpc) is 3.86. The zero-order valence-electron chi connectivity index (χ0n) is 34.1. The van der Waals surface area contributed by atoms with Crippen molar-refractivity contribution in [2.45, 2.75) is 6.18 Å². The molecule has 10 aromatic rings. The lowest BCUT2D eigenvalue weighted by molar-refractivity contribution is -0.137. The number of hydrogen-bond acceptors (Lipinski definition) is 3. The maximum absolute atomic E-state index is 15.0. The van der Waals surface area contributed by atoms with Crippen LogP contribution in [0.3, 0.4) is 0 Å². The highest BCUT2D eigenvalue weighted by atomic mass is 19.4. The number of aromatic nitrogens is 2. The molecule has 0 saturated carbocycles. The van der Waals surface area contributed by atoms with E-state index in [0.29, 0.717) is 67.0 Å². The van der Waals surface area contributed by atoms with Crippen LogP contribution in [0.25, 0.3) is 103 Å². The van der Waals surface area contributed by atoms with E-state index in [1.807, 2.05) is 100 Å². The SMILES string of the molecule is [C-]#[N+]c1ccc(-c2ccc3c4ccccc4n(-c4cc([N+]#[C-])c(-c5ccc(C#N)cc5C(F)(F)F)cc4-n4c5ccccc5c5ccc(-c6ccc(C#N)cc6[N+]#[C-])cc54)c3c2)c(C#N)c1. The quantitative estimate of drug-likeness (QED) is 0.161. The van der Waals surface area contributed by atoms with Crippen molar-refractivity contribution in [1.82, 2.24) is 9.13 Å². The van der Waals surface area contributed by atoms with Crippen LogP contribution in [0.1, 0.15) is 22.3 Å². The molecule has 0 amide bonds. The first-order valence-corrected chi connectivity index (χ1v) is 20.2. The number of hydrogen-bond donors (Lipinski definition) is 0. The van der Waals surface area contributed by atoms with Gasteiger partial charge in [-0.05, 0) is 100 Å². The lowest BCUT2D eigenvalue weighted by Gasteiger charge is -2.21. The Morgan fingerprint density at radius 2 is 0.955 bits per heavy atom. The number of rotatable bonds is 5. The van der Waals surface area contributed by atoms with Crippen molar-refractivity contribution in [2.24, 2.45) is 0 Å². The van der Waals surface area contributed by atoms with E-state index in [4.69, 9.17) is 19.7 Å². The highest BCUT2D eigenvalue weighted by Gasteiger charge is 2.35. The van der Waals surface area contributed by atoms with E-state index in [2.05, 4.69) is 26.7 Å². The van der Waals surface area contributed by atoms with Crippen LogP contribution in [0.5, 0.6) is 0 Å².